The van der Waals surface area contributed by atoms with Gasteiger partial charge in [-0.15, -0.1) is 0 Å². The average molecular weight is 381 g/mol. The highest BCUT2D eigenvalue weighted by atomic mass is 32.2. The van der Waals surface area contributed by atoms with Crippen molar-refractivity contribution in [2.75, 3.05) is 7.11 Å². The normalized spacial score (nSPS) is 12.3. The van der Waals surface area contributed by atoms with Crippen LogP contribution in [0.5, 0.6) is 5.75 Å². The summed E-state index contributed by atoms with van der Waals surface area (Å²) in [5.74, 6) is 0.229. The van der Waals surface area contributed by atoms with Gasteiger partial charge in [0, 0.05) is 5.56 Å². The standard InChI is InChI=1S/C21H19NO4S/c1-26-18-12-14-19(15-13-18)27(24,25)22-20(16-8-4-2-5-9-16)21(23)17-10-6-3-7-11-17/h2-15,20,22H,1H3. The van der Waals surface area contributed by atoms with Gasteiger partial charge in [0.25, 0.3) is 0 Å². The fourth-order valence-corrected chi connectivity index (χ4v) is 3.85. The Morgan fingerprint density at radius 2 is 1.41 bits per heavy atom. The van der Waals surface area contributed by atoms with E-state index in [0.29, 0.717) is 16.9 Å². The second kappa shape index (κ2) is 8.16. The van der Waals surface area contributed by atoms with E-state index in [1.807, 2.05) is 6.07 Å². The van der Waals surface area contributed by atoms with E-state index in [4.69, 9.17) is 4.74 Å². The first-order valence-corrected chi connectivity index (χ1v) is 9.80. The molecule has 0 aliphatic rings. The van der Waals surface area contributed by atoms with Crippen LogP contribution in [0.15, 0.2) is 89.8 Å². The van der Waals surface area contributed by atoms with Gasteiger partial charge in [0.2, 0.25) is 10.0 Å². The molecule has 0 spiro atoms. The molecule has 0 aliphatic heterocycles. The summed E-state index contributed by atoms with van der Waals surface area (Å²) < 4.78 is 33.3. The number of ketones is 1. The molecule has 0 saturated carbocycles. The van der Waals surface area contributed by atoms with Crippen molar-refractivity contribution in [3.8, 4) is 5.75 Å². The molecule has 3 aromatic carbocycles. The number of hydrogen-bond donors (Lipinski definition) is 1. The average Bonchev–Trinajstić information content (AvgIpc) is 2.73. The molecular weight excluding hydrogens is 362 g/mol. The first-order valence-electron chi connectivity index (χ1n) is 8.32. The van der Waals surface area contributed by atoms with Crippen molar-refractivity contribution in [1.82, 2.24) is 4.72 Å². The molecule has 0 saturated heterocycles. The monoisotopic (exact) mass is 381 g/mol. The van der Waals surface area contributed by atoms with E-state index in [-0.39, 0.29) is 10.7 Å². The van der Waals surface area contributed by atoms with Gasteiger partial charge in [0.1, 0.15) is 11.8 Å². The first kappa shape index (κ1) is 18.8. The molecule has 5 nitrogen and oxygen atoms in total. The van der Waals surface area contributed by atoms with Crippen molar-refractivity contribution >= 4 is 15.8 Å². The van der Waals surface area contributed by atoms with E-state index in [0.717, 1.165) is 0 Å². The molecule has 6 heteroatoms. The predicted molar refractivity (Wildman–Crippen MR) is 103 cm³/mol. The zero-order chi connectivity index (χ0) is 19.3. The number of ether oxygens (including phenoxy) is 1. The van der Waals surface area contributed by atoms with Gasteiger partial charge in [-0.05, 0) is 29.8 Å². The zero-order valence-corrected chi connectivity index (χ0v) is 15.5. The first-order chi connectivity index (χ1) is 13.0. The van der Waals surface area contributed by atoms with Crippen molar-refractivity contribution in [3.05, 3.63) is 96.1 Å². The van der Waals surface area contributed by atoms with Crippen LogP contribution in [-0.4, -0.2) is 21.3 Å². The third kappa shape index (κ3) is 4.42. The summed E-state index contributed by atoms with van der Waals surface area (Å²) in [6.45, 7) is 0. The summed E-state index contributed by atoms with van der Waals surface area (Å²) in [5, 5.41) is 0. The second-order valence-corrected chi connectivity index (χ2v) is 7.58. The van der Waals surface area contributed by atoms with Crippen LogP contribution >= 0.6 is 0 Å². The summed E-state index contributed by atoms with van der Waals surface area (Å²) in [7, 11) is -2.41. The van der Waals surface area contributed by atoms with Crippen LogP contribution in [-0.2, 0) is 10.0 Å². The second-order valence-electron chi connectivity index (χ2n) is 5.87. The molecule has 27 heavy (non-hydrogen) atoms. The Balaban J connectivity index is 1.97. The molecule has 0 amide bonds. The number of sulfonamides is 1. The fourth-order valence-electron chi connectivity index (χ4n) is 2.67. The topological polar surface area (TPSA) is 72.5 Å². The van der Waals surface area contributed by atoms with Crippen molar-refractivity contribution in [2.24, 2.45) is 0 Å². The highest BCUT2D eigenvalue weighted by molar-refractivity contribution is 7.89. The lowest BCUT2D eigenvalue weighted by molar-refractivity contribution is 0.0953. The SMILES string of the molecule is COc1ccc(S(=O)(=O)NC(C(=O)c2ccccc2)c2ccccc2)cc1. The van der Waals surface area contributed by atoms with Crippen LogP contribution in [0, 0.1) is 0 Å². The smallest absolute Gasteiger partial charge is 0.241 e. The number of Topliss-reactive ketones (excluding diaryl/α,β-unsaturated/α-hetero) is 1. The minimum Gasteiger partial charge on any atom is -0.497 e. The van der Waals surface area contributed by atoms with Gasteiger partial charge in [-0.2, -0.15) is 4.72 Å². The molecule has 0 fully saturated rings. The maximum absolute atomic E-state index is 13.0. The Kier molecular flexibility index (Phi) is 5.69. The molecule has 138 valence electrons. The number of rotatable bonds is 7. The number of carbonyl (C=O) groups is 1. The Morgan fingerprint density at radius 3 is 1.96 bits per heavy atom. The molecule has 0 radical (unpaired) electrons. The summed E-state index contributed by atoms with van der Waals surface area (Å²) in [5.41, 5.74) is 1.01. The van der Waals surface area contributed by atoms with Gasteiger partial charge in [0.15, 0.2) is 5.78 Å². The van der Waals surface area contributed by atoms with Gasteiger partial charge >= 0.3 is 0 Å². The van der Waals surface area contributed by atoms with Gasteiger partial charge in [-0.3, -0.25) is 4.79 Å². The maximum atomic E-state index is 13.0. The number of nitrogens with one attached hydrogen (secondary N) is 1. The quantitative estimate of drug-likeness (QED) is 0.635. The van der Waals surface area contributed by atoms with Crippen LogP contribution < -0.4 is 9.46 Å². The predicted octanol–water partition coefficient (Wildman–Crippen LogP) is 3.60. The highest BCUT2D eigenvalue weighted by Crippen LogP contribution is 2.23. The minimum atomic E-state index is -3.91. The summed E-state index contributed by atoms with van der Waals surface area (Å²) in [6.07, 6.45) is 0. The van der Waals surface area contributed by atoms with E-state index < -0.39 is 16.1 Å². The number of benzene rings is 3. The molecule has 0 bridgehead atoms. The van der Waals surface area contributed by atoms with Gasteiger partial charge < -0.3 is 4.74 Å². The van der Waals surface area contributed by atoms with E-state index >= 15 is 0 Å². The maximum Gasteiger partial charge on any atom is 0.241 e. The Hall–Kier alpha value is -2.96. The number of carbonyl (C=O) groups excluding carboxylic acids is 1. The van der Waals surface area contributed by atoms with Gasteiger partial charge in [0.05, 0.1) is 12.0 Å². The fraction of sp³-hybridized carbons (Fsp3) is 0.0952. The van der Waals surface area contributed by atoms with Gasteiger partial charge in [-0.1, -0.05) is 60.7 Å². The van der Waals surface area contributed by atoms with Crippen molar-refractivity contribution < 1.29 is 17.9 Å². The third-order valence-electron chi connectivity index (χ3n) is 4.10. The van der Waals surface area contributed by atoms with Crippen molar-refractivity contribution in [1.29, 1.82) is 0 Å². The minimum absolute atomic E-state index is 0.0603. The molecule has 1 N–H and O–H groups in total. The molecule has 0 heterocycles. The lowest BCUT2D eigenvalue weighted by atomic mass is 9.98. The molecule has 1 atom stereocenters. The van der Waals surface area contributed by atoms with Crippen molar-refractivity contribution in [3.63, 3.8) is 0 Å². The lowest BCUT2D eigenvalue weighted by Gasteiger charge is -2.18. The van der Waals surface area contributed by atoms with Crippen LogP contribution in [0.1, 0.15) is 22.0 Å². The van der Waals surface area contributed by atoms with Gasteiger partial charge in [-0.25, -0.2) is 8.42 Å². The van der Waals surface area contributed by atoms with E-state index in [1.54, 1.807) is 66.7 Å². The van der Waals surface area contributed by atoms with E-state index in [1.165, 1.54) is 19.2 Å². The summed E-state index contributed by atoms with van der Waals surface area (Å²) in [6, 6.07) is 22.4. The summed E-state index contributed by atoms with van der Waals surface area (Å²) in [4.78, 5) is 13.1. The molecule has 0 aliphatic carbocycles. The van der Waals surface area contributed by atoms with Crippen molar-refractivity contribution in [2.45, 2.75) is 10.9 Å². The van der Waals surface area contributed by atoms with Crippen LogP contribution in [0.2, 0.25) is 0 Å². The lowest BCUT2D eigenvalue weighted by Crippen LogP contribution is -2.34. The molecular formula is C21H19NO4S. The molecule has 1 unspecified atom stereocenters. The summed E-state index contributed by atoms with van der Waals surface area (Å²) >= 11 is 0. The highest BCUT2D eigenvalue weighted by Gasteiger charge is 2.28. The van der Waals surface area contributed by atoms with E-state index in [2.05, 4.69) is 4.72 Å². The Morgan fingerprint density at radius 1 is 0.852 bits per heavy atom. The van der Waals surface area contributed by atoms with Crippen LogP contribution in [0.3, 0.4) is 0 Å². The molecule has 3 rings (SSSR count). The zero-order valence-electron chi connectivity index (χ0n) is 14.7. The molecule has 0 aromatic heterocycles. The molecule has 3 aromatic rings. The Bertz CT molecular complexity index is 1000. The van der Waals surface area contributed by atoms with E-state index in [9.17, 15) is 13.2 Å². The largest absolute Gasteiger partial charge is 0.497 e. The number of methoxy groups -OCH3 is 1. The Labute approximate surface area is 158 Å². The third-order valence-corrected chi connectivity index (χ3v) is 5.53. The van der Waals surface area contributed by atoms with Crippen LogP contribution in [0.25, 0.3) is 0 Å². The van der Waals surface area contributed by atoms with Crippen LogP contribution in [0.4, 0.5) is 0 Å². The number of hydrogen-bond acceptors (Lipinski definition) is 4.